The van der Waals surface area contributed by atoms with Gasteiger partial charge in [0.2, 0.25) is 31.9 Å². The smallest absolute Gasteiger partial charge is 0.246 e. The van der Waals surface area contributed by atoms with Crippen molar-refractivity contribution in [3.8, 4) is 0 Å². The van der Waals surface area contributed by atoms with Gasteiger partial charge in [-0.05, 0) is 83.4 Å². The van der Waals surface area contributed by atoms with Crippen molar-refractivity contribution in [2.24, 2.45) is 0 Å². The molecule has 5 rings (SSSR count). The molecule has 23 heteroatoms. The van der Waals surface area contributed by atoms with Gasteiger partial charge in [-0.1, -0.05) is 77.6 Å². The predicted octanol–water partition coefficient (Wildman–Crippen LogP) is 4.29. The summed E-state index contributed by atoms with van der Waals surface area (Å²) in [7, 11) is -3.54. The number of fused-ring (bicyclic) bond motifs is 1. The average molecular weight is 1110 g/mol. The number of nitrogens with one attached hydrogen (secondary N) is 4. The molecular formula is C48H63Cl4N6O11S2+. The summed E-state index contributed by atoms with van der Waals surface area (Å²) in [5.74, 6) is -0.907. The van der Waals surface area contributed by atoms with Crippen LogP contribution in [0.15, 0.2) is 82.6 Å². The van der Waals surface area contributed by atoms with Gasteiger partial charge in [-0.2, -0.15) is 0 Å². The highest BCUT2D eigenvalue weighted by atomic mass is 35.5. The summed E-state index contributed by atoms with van der Waals surface area (Å²) in [6.45, 7) is 5.69. The molecule has 2 atom stereocenters. The Hall–Kier alpha value is -3.48. The first kappa shape index (κ1) is 58.4. The number of carbonyl (C=O) groups is 2. The summed E-state index contributed by atoms with van der Waals surface area (Å²) in [6, 6.07) is 20.8. The number of benzene rings is 4. The lowest BCUT2D eigenvalue weighted by molar-refractivity contribution is -0.643. The van der Waals surface area contributed by atoms with Crippen molar-refractivity contribution in [3.05, 3.63) is 126 Å². The number of hydrogen-bond acceptors (Lipinski definition) is 12. The number of ether oxygens (including phenoxy) is 5. The fraction of sp³-hybridized carbons (Fsp3) is 0.458. The van der Waals surface area contributed by atoms with Crippen molar-refractivity contribution in [1.82, 2.24) is 25.0 Å². The maximum atomic E-state index is 12.9. The van der Waals surface area contributed by atoms with Gasteiger partial charge in [-0.3, -0.25) is 9.59 Å². The lowest BCUT2D eigenvalue weighted by atomic mass is 9.85. The molecule has 0 aromatic heterocycles. The first-order valence-electron chi connectivity index (χ1n) is 23.0. The van der Waals surface area contributed by atoms with Gasteiger partial charge in [0.1, 0.15) is 19.8 Å². The van der Waals surface area contributed by atoms with E-state index in [2.05, 4.69) is 25.0 Å². The van der Waals surface area contributed by atoms with Crippen molar-refractivity contribution in [3.63, 3.8) is 0 Å². The molecule has 0 bridgehead atoms. The van der Waals surface area contributed by atoms with E-state index in [1.54, 1.807) is 48.5 Å². The van der Waals surface area contributed by atoms with E-state index in [1.807, 2.05) is 50.6 Å². The minimum Gasteiger partial charge on any atom is -0.378 e. The molecule has 4 aromatic carbocycles. The summed E-state index contributed by atoms with van der Waals surface area (Å²) in [5, 5.41) is 9.59. The van der Waals surface area contributed by atoms with Crippen molar-refractivity contribution < 1.29 is 55.4 Å². The highest BCUT2D eigenvalue weighted by molar-refractivity contribution is 7.89. The van der Waals surface area contributed by atoms with Crippen molar-refractivity contribution in [2.45, 2.75) is 41.6 Å². The Morgan fingerprint density at radius 3 is 1.66 bits per heavy atom. The summed E-state index contributed by atoms with van der Waals surface area (Å²) in [5.41, 5.74) is 5.92. The van der Waals surface area contributed by atoms with Crippen LogP contribution in [0.4, 0.5) is 0 Å². The Morgan fingerprint density at radius 2 is 1.14 bits per heavy atom. The zero-order chi connectivity index (χ0) is 51.4. The van der Waals surface area contributed by atoms with Gasteiger partial charge in [-0.25, -0.2) is 26.3 Å². The summed E-state index contributed by atoms with van der Waals surface area (Å²) < 4.78 is 83.6. The number of nitrogens with two attached hydrogens (primary N) is 1. The summed E-state index contributed by atoms with van der Waals surface area (Å²) in [6.07, 6.45) is 0. The summed E-state index contributed by atoms with van der Waals surface area (Å²) >= 11 is 25.6. The van der Waals surface area contributed by atoms with Gasteiger partial charge in [0, 0.05) is 71.7 Å². The van der Waals surface area contributed by atoms with Crippen LogP contribution in [0, 0.1) is 0 Å². The van der Waals surface area contributed by atoms with E-state index in [0.717, 1.165) is 39.9 Å². The second-order valence-corrected chi connectivity index (χ2v) is 21.8. The highest BCUT2D eigenvalue weighted by Gasteiger charge is 2.28. The van der Waals surface area contributed by atoms with Gasteiger partial charge in [-0.15, -0.1) is 0 Å². The lowest BCUT2D eigenvalue weighted by Crippen LogP contribution is -2.77. The SMILES string of the molecule is C[NH2+]Cc1c(Cl)cc(Cl)cc1[C@@H](C)c1ccc(S(=O)(=O)NCCOCCOCCNC(=O)COCC(=O)NCCOCCOCCNS(=O)(=O)c2ccc([C@@H]3CN(C)Cc4c(Cl)cc(Cl)cc43)cc2)cc1. The van der Waals surface area contributed by atoms with Crippen molar-refractivity contribution in [2.75, 3.05) is 113 Å². The van der Waals surface area contributed by atoms with E-state index < -0.39 is 31.9 Å². The van der Waals surface area contributed by atoms with Crippen LogP contribution in [-0.4, -0.2) is 146 Å². The number of amides is 2. The Bertz CT molecular complexity index is 2580. The Morgan fingerprint density at radius 1 is 0.662 bits per heavy atom. The number of halogens is 4. The second kappa shape index (κ2) is 29.4. The first-order valence-corrected chi connectivity index (χ1v) is 27.5. The van der Waals surface area contributed by atoms with Gasteiger partial charge in [0.05, 0.1) is 74.7 Å². The largest absolute Gasteiger partial charge is 0.378 e. The molecule has 0 unspecified atom stereocenters. The third-order valence-corrected chi connectivity index (χ3v) is 15.3. The number of rotatable bonds is 31. The van der Waals surface area contributed by atoms with Crippen molar-refractivity contribution >= 4 is 78.3 Å². The van der Waals surface area contributed by atoms with Gasteiger partial charge in [0.15, 0.2) is 0 Å². The Labute approximate surface area is 436 Å². The number of carbonyl (C=O) groups excluding carboxylic acids is 2. The van der Waals surface area contributed by atoms with Crippen LogP contribution in [0.3, 0.4) is 0 Å². The first-order chi connectivity index (χ1) is 34.0. The van der Waals surface area contributed by atoms with Crippen LogP contribution >= 0.6 is 46.4 Å². The fourth-order valence-corrected chi connectivity index (χ4v) is 10.9. The van der Waals surface area contributed by atoms with E-state index in [4.69, 9.17) is 70.1 Å². The fourth-order valence-electron chi connectivity index (χ4n) is 7.73. The van der Waals surface area contributed by atoms with E-state index in [9.17, 15) is 26.4 Å². The molecule has 1 heterocycles. The molecule has 390 valence electrons. The van der Waals surface area contributed by atoms with Crippen LogP contribution in [0.25, 0.3) is 0 Å². The zero-order valence-corrected chi connectivity index (χ0v) is 44.6. The molecule has 1 aliphatic rings. The molecule has 71 heavy (non-hydrogen) atoms. The molecule has 0 aliphatic carbocycles. The van der Waals surface area contributed by atoms with Gasteiger partial charge < -0.3 is 44.5 Å². The molecule has 6 N–H and O–H groups in total. The molecular weight excluding hydrogens is 1040 g/mol. The Balaban J connectivity index is 0.814. The van der Waals surface area contributed by atoms with Crippen molar-refractivity contribution in [1.29, 1.82) is 0 Å². The van der Waals surface area contributed by atoms with Crippen LogP contribution in [0.2, 0.25) is 20.1 Å². The highest BCUT2D eigenvalue weighted by Crippen LogP contribution is 2.39. The quantitative estimate of drug-likeness (QED) is 0.0447. The van der Waals surface area contributed by atoms with Crippen LogP contribution in [0.1, 0.15) is 52.1 Å². The number of quaternary nitrogens is 1. The molecule has 17 nitrogen and oxygen atoms in total. The molecule has 2 amide bonds. The monoisotopic (exact) mass is 1100 g/mol. The Kier molecular flexibility index (Phi) is 24.2. The maximum Gasteiger partial charge on any atom is 0.246 e. The minimum absolute atomic E-state index is 0.00751. The normalized spacial score (nSPS) is 14.5. The van der Waals surface area contributed by atoms with Crippen LogP contribution in [0.5, 0.6) is 0 Å². The number of hydrogen-bond donors (Lipinski definition) is 5. The zero-order valence-electron chi connectivity index (χ0n) is 39.9. The summed E-state index contributed by atoms with van der Waals surface area (Å²) in [4.78, 5) is 26.5. The van der Waals surface area contributed by atoms with Gasteiger partial charge >= 0.3 is 0 Å². The molecule has 0 radical (unpaired) electrons. The minimum atomic E-state index is -3.76. The van der Waals surface area contributed by atoms with Crippen LogP contribution < -0.4 is 25.4 Å². The number of sulfonamides is 2. The van der Waals surface area contributed by atoms with E-state index in [0.29, 0.717) is 33.2 Å². The van der Waals surface area contributed by atoms with Crippen LogP contribution in [-0.2, 0) is 66.4 Å². The van der Waals surface area contributed by atoms with E-state index >= 15 is 0 Å². The average Bonchev–Trinajstić information content (AvgIpc) is 3.33. The molecule has 0 saturated heterocycles. The van der Waals surface area contributed by atoms with E-state index in [1.165, 1.54) is 0 Å². The maximum absolute atomic E-state index is 12.9. The third-order valence-electron chi connectivity index (χ3n) is 11.3. The standard InChI is InChI=1S/C48H62Cl4N6O11S2/c1-33(40-24-36(49)26-45(51)42(40)28-53-2)34-4-8-38(9-5-34)70(61,62)56-14-18-67-22-20-65-16-12-54-47(59)31-69-32-48(60)55-13-17-66-21-23-68-19-15-57-71(63,64)39-10-6-35(7-11-39)43-29-58(3)30-44-41(43)25-37(50)27-46(44)52/h4-11,24-27,33,43,53,56-57H,12-23,28-32H2,1-3H3,(H,54,59)(H,55,60)/p+1/t33-,43-/m0/s1. The molecule has 4 aromatic rings. The third kappa shape index (κ3) is 18.8. The van der Waals surface area contributed by atoms with Gasteiger partial charge in [0.25, 0.3) is 0 Å². The predicted molar refractivity (Wildman–Crippen MR) is 274 cm³/mol. The molecule has 0 saturated carbocycles. The number of likely N-dealkylation sites (N-methyl/N-ethyl adjacent to an activating group) is 1. The second-order valence-electron chi connectivity index (χ2n) is 16.6. The molecule has 0 spiro atoms. The lowest BCUT2D eigenvalue weighted by Gasteiger charge is -2.33. The van der Waals surface area contributed by atoms with E-state index in [-0.39, 0.29) is 114 Å². The number of nitrogens with zero attached hydrogens (tertiary/aromatic N) is 1. The topological polar surface area (TPSA) is 217 Å². The molecule has 1 aliphatic heterocycles. The molecule has 0 fully saturated rings.